The zero-order valence-electron chi connectivity index (χ0n) is 20.4. The van der Waals surface area contributed by atoms with E-state index in [1.807, 2.05) is 6.33 Å². The van der Waals surface area contributed by atoms with Crippen molar-refractivity contribution in [2.24, 2.45) is 0 Å². The molecule has 0 aliphatic heterocycles. The first-order valence-electron chi connectivity index (χ1n) is 11.1. The highest BCUT2D eigenvalue weighted by Crippen LogP contribution is 2.37. The van der Waals surface area contributed by atoms with Gasteiger partial charge in [0.2, 0.25) is 0 Å². The molecule has 0 aliphatic rings. The Balaban J connectivity index is 0.00000132. The lowest BCUT2D eigenvalue weighted by atomic mass is 9.88. The molecule has 4 nitrogen and oxygen atoms in total. The Morgan fingerprint density at radius 3 is 2.26 bits per heavy atom. The first-order valence-corrected chi connectivity index (χ1v) is 11.1. The fourth-order valence-electron chi connectivity index (χ4n) is 3.99. The van der Waals surface area contributed by atoms with Gasteiger partial charge in [0.15, 0.2) is 0 Å². The molecule has 1 aromatic carbocycles. The molecule has 0 aliphatic carbocycles. The van der Waals surface area contributed by atoms with Crippen LogP contribution in [-0.2, 0) is 10.8 Å². The van der Waals surface area contributed by atoms with Crippen LogP contribution in [-0.4, -0.2) is 19.4 Å². The molecule has 0 fully saturated rings. The average Bonchev–Trinajstić information content (AvgIpc) is 3.11. The second-order valence-electron chi connectivity index (χ2n) is 10.3. The number of nitrogens with zero attached hydrogens (tertiary/aromatic N) is 4. The molecule has 0 amide bonds. The predicted molar refractivity (Wildman–Crippen MR) is 133 cm³/mol. The minimum atomic E-state index is -0.0997. The molecular weight excluding hydrogens is 380 g/mol. The first-order chi connectivity index (χ1) is 14.5. The Labute approximate surface area is 186 Å². The molecule has 3 aromatic heterocycles. The summed E-state index contributed by atoms with van der Waals surface area (Å²) in [4.78, 5) is 15.1. The second kappa shape index (κ2) is 8.07. The molecule has 0 spiro atoms. The summed E-state index contributed by atoms with van der Waals surface area (Å²) in [6, 6.07) is 8.62. The van der Waals surface area contributed by atoms with Gasteiger partial charge in [-0.1, -0.05) is 67.5 Å². The summed E-state index contributed by atoms with van der Waals surface area (Å²) in [5.41, 5.74) is 7.44. The smallest absolute Gasteiger partial charge is 0.141 e. The number of aromatic nitrogens is 4. The van der Waals surface area contributed by atoms with Crippen molar-refractivity contribution < 1.29 is 0 Å². The molecule has 0 N–H and O–H groups in total. The fraction of sp³-hybridized carbons (Fsp3) is 0.444. The molecule has 0 saturated carbocycles. The number of rotatable bonds is 2. The summed E-state index contributed by atoms with van der Waals surface area (Å²) in [6.07, 6.45) is 3.02. The molecular formula is C27H36N4. The minimum Gasteiger partial charge on any atom is -0.281 e. The van der Waals surface area contributed by atoms with Gasteiger partial charge in [0.05, 0.1) is 22.4 Å². The summed E-state index contributed by atoms with van der Waals surface area (Å²) in [6.45, 7) is 23.7. The van der Waals surface area contributed by atoms with Gasteiger partial charge in [-0.15, -0.1) is 13.2 Å². The van der Waals surface area contributed by atoms with E-state index in [-0.39, 0.29) is 10.8 Å². The maximum atomic E-state index is 5.16. The number of fused-ring (bicyclic) bond motifs is 5. The van der Waals surface area contributed by atoms with Gasteiger partial charge in [-0.3, -0.25) is 4.40 Å². The summed E-state index contributed by atoms with van der Waals surface area (Å²) in [5.74, 6) is 0.456. The highest BCUT2D eigenvalue weighted by Gasteiger charge is 2.26. The highest BCUT2D eigenvalue weighted by atomic mass is 15.1. The molecule has 164 valence electrons. The highest BCUT2D eigenvalue weighted by molar-refractivity contribution is 6.07. The molecule has 4 aromatic rings. The van der Waals surface area contributed by atoms with Crippen molar-refractivity contribution >= 4 is 27.6 Å². The average molecular weight is 417 g/mol. The molecule has 1 atom stereocenters. The van der Waals surface area contributed by atoms with E-state index in [9.17, 15) is 0 Å². The molecule has 0 radical (unpaired) electrons. The van der Waals surface area contributed by atoms with Crippen LogP contribution in [0.15, 0.2) is 43.8 Å². The number of hydrogen-bond acceptors (Lipinski definition) is 3. The fourth-order valence-corrected chi connectivity index (χ4v) is 3.99. The van der Waals surface area contributed by atoms with Gasteiger partial charge in [-0.2, -0.15) is 0 Å². The van der Waals surface area contributed by atoms with E-state index >= 15 is 0 Å². The van der Waals surface area contributed by atoms with E-state index in [2.05, 4.69) is 97.2 Å². The van der Waals surface area contributed by atoms with Gasteiger partial charge in [0.1, 0.15) is 17.5 Å². The molecule has 4 rings (SSSR count). The monoisotopic (exact) mass is 416 g/mol. The number of benzene rings is 1. The van der Waals surface area contributed by atoms with Crippen LogP contribution in [0.5, 0.6) is 0 Å². The van der Waals surface area contributed by atoms with Crippen molar-refractivity contribution in [2.75, 3.05) is 0 Å². The zero-order valence-corrected chi connectivity index (χ0v) is 20.4. The van der Waals surface area contributed by atoms with Crippen molar-refractivity contribution in [3.8, 4) is 0 Å². The van der Waals surface area contributed by atoms with Gasteiger partial charge in [-0.05, 0) is 24.0 Å². The lowest BCUT2D eigenvalue weighted by Gasteiger charge is -2.21. The Kier molecular flexibility index (Phi) is 5.96. The van der Waals surface area contributed by atoms with Crippen LogP contribution >= 0.6 is 0 Å². The normalized spacial score (nSPS) is 13.4. The van der Waals surface area contributed by atoms with E-state index in [0.29, 0.717) is 5.92 Å². The largest absolute Gasteiger partial charge is 0.281 e. The lowest BCUT2D eigenvalue weighted by Crippen LogP contribution is -2.16. The number of imidazole rings is 1. The summed E-state index contributed by atoms with van der Waals surface area (Å²) < 4.78 is 2.13. The predicted octanol–water partition coefficient (Wildman–Crippen LogP) is 7.34. The zero-order chi connectivity index (χ0) is 23.1. The second-order valence-corrected chi connectivity index (χ2v) is 10.3. The van der Waals surface area contributed by atoms with E-state index in [1.165, 1.54) is 10.9 Å². The van der Waals surface area contributed by atoms with E-state index in [0.717, 1.165) is 40.0 Å². The summed E-state index contributed by atoms with van der Waals surface area (Å²) in [5, 5.41) is 1.19. The van der Waals surface area contributed by atoms with Crippen LogP contribution in [0.25, 0.3) is 27.6 Å². The van der Waals surface area contributed by atoms with Gasteiger partial charge in [-0.25, -0.2) is 15.0 Å². The van der Waals surface area contributed by atoms with Crippen molar-refractivity contribution in [3.63, 3.8) is 0 Å². The quantitative estimate of drug-likeness (QED) is 0.321. The molecule has 31 heavy (non-hydrogen) atoms. The van der Waals surface area contributed by atoms with Crippen molar-refractivity contribution in [1.82, 2.24) is 19.4 Å². The standard InChI is InChI=1S/C25H32N4.C2H4/c1-9-15(2)16-11-10-12-17-20(16)21-22(23(27-17)25(6,7)8)29-14-26-18(24(3,4)5)13-19(29)28-21;1-2/h10-15H,9H2,1-8H3;1-2H2. The Hall–Kier alpha value is -2.75. The van der Waals surface area contributed by atoms with Gasteiger partial charge in [0.25, 0.3) is 0 Å². The number of hydrogen-bond donors (Lipinski definition) is 0. The Morgan fingerprint density at radius 1 is 1.00 bits per heavy atom. The van der Waals surface area contributed by atoms with Crippen LogP contribution in [0, 0.1) is 0 Å². The third kappa shape index (κ3) is 3.96. The first kappa shape index (κ1) is 22.9. The van der Waals surface area contributed by atoms with Crippen molar-refractivity contribution in [1.29, 1.82) is 0 Å². The van der Waals surface area contributed by atoms with Gasteiger partial charge < -0.3 is 0 Å². The van der Waals surface area contributed by atoms with Crippen LogP contribution in [0.1, 0.15) is 84.7 Å². The topological polar surface area (TPSA) is 43.1 Å². The maximum absolute atomic E-state index is 5.16. The SMILES string of the molecule is C=C.CCC(C)c1cccc2nc(C(C)(C)C)c3c(nc4cc(C(C)(C)C)ncn43)c12. The van der Waals surface area contributed by atoms with Crippen molar-refractivity contribution in [3.05, 3.63) is 60.7 Å². The van der Waals surface area contributed by atoms with E-state index < -0.39 is 0 Å². The maximum Gasteiger partial charge on any atom is 0.141 e. The van der Waals surface area contributed by atoms with E-state index in [4.69, 9.17) is 15.0 Å². The molecule has 1 unspecified atom stereocenters. The summed E-state index contributed by atoms with van der Waals surface area (Å²) >= 11 is 0. The van der Waals surface area contributed by atoms with Gasteiger partial charge in [0, 0.05) is 22.3 Å². The Bertz CT molecular complexity index is 1240. The van der Waals surface area contributed by atoms with Crippen LogP contribution in [0.4, 0.5) is 0 Å². The summed E-state index contributed by atoms with van der Waals surface area (Å²) in [7, 11) is 0. The lowest BCUT2D eigenvalue weighted by molar-refractivity contribution is 0.566. The molecule has 3 heterocycles. The third-order valence-corrected chi connectivity index (χ3v) is 5.91. The van der Waals surface area contributed by atoms with Crippen LogP contribution < -0.4 is 0 Å². The van der Waals surface area contributed by atoms with Crippen molar-refractivity contribution in [2.45, 2.75) is 78.6 Å². The third-order valence-electron chi connectivity index (χ3n) is 5.91. The van der Waals surface area contributed by atoms with E-state index in [1.54, 1.807) is 0 Å². The molecule has 0 saturated heterocycles. The minimum absolute atomic E-state index is 0.0189. The van der Waals surface area contributed by atoms with Crippen LogP contribution in [0.3, 0.4) is 0 Å². The molecule has 4 heteroatoms. The number of pyridine rings is 1. The molecule has 0 bridgehead atoms. The Morgan fingerprint density at radius 2 is 1.68 bits per heavy atom. The van der Waals surface area contributed by atoms with Gasteiger partial charge >= 0.3 is 0 Å². The van der Waals surface area contributed by atoms with Crippen LogP contribution in [0.2, 0.25) is 0 Å².